The number of carbonyl (C=O) groups is 3. The number of likely N-dealkylation sites (N-methyl/N-ethyl adjacent to an activating group) is 1. The Labute approximate surface area is 304 Å². The minimum atomic E-state index is -1.27. The maximum Gasteiger partial charge on any atom is 0.410 e. The van der Waals surface area contributed by atoms with Crippen molar-refractivity contribution in [2.24, 2.45) is 17.8 Å². The van der Waals surface area contributed by atoms with Crippen molar-refractivity contribution in [2.75, 3.05) is 27.7 Å². The number of aryl methyl sites for hydroxylation is 1. The molecule has 0 unspecified atom stereocenters. The number of benzene rings is 1. The summed E-state index contributed by atoms with van der Waals surface area (Å²) in [4.78, 5) is 45.7. The second-order valence-corrected chi connectivity index (χ2v) is 15.7. The van der Waals surface area contributed by atoms with Crippen LogP contribution in [0.1, 0.15) is 86.6 Å². The smallest absolute Gasteiger partial charge is 0.410 e. The van der Waals surface area contributed by atoms with E-state index in [1.165, 1.54) is 0 Å². The molecule has 0 saturated carbocycles. The van der Waals surface area contributed by atoms with E-state index in [0.29, 0.717) is 31.4 Å². The van der Waals surface area contributed by atoms with Crippen LogP contribution in [0.25, 0.3) is 0 Å². The highest BCUT2D eigenvalue weighted by atomic mass is 16.7. The summed E-state index contributed by atoms with van der Waals surface area (Å²) in [6.07, 6.45) is 0.353. The molecule has 3 heterocycles. The largest absolute Gasteiger partial charge is 0.455 e. The summed E-state index contributed by atoms with van der Waals surface area (Å²) in [6, 6.07) is 9.17. The number of aliphatic hydroxyl groups is 1. The summed E-state index contributed by atoms with van der Waals surface area (Å²) in [7, 11) is 5.42. The fraction of sp³-hybridized carbons (Fsp3) is 0.725. The number of esters is 1. The van der Waals surface area contributed by atoms with Crippen LogP contribution < -0.4 is 0 Å². The molecule has 3 aliphatic rings. The first-order valence-corrected chi connectivity index (χ1v) is 18.6. The van der Waals surface area contributed by atoms with Gasteiger partial charge in [-0.1, -0.05) is 64.1 Å². The summed E-state index contributed by atoms with van der Waals surface area (Å²) in [5, 5.41) is 11.4. The van der Waals surface area contributed by atoms with Crippen molar-refractivity contribution < 1.29 is 43.2 Å². The van der Waals surface area contributed by atoms with Gasteiger partial charge in [-0.25, -0.2) is 9.59 Å². The minimum absolute atomic E-state index is 0.0625. The highest BCUT2D eigenvalue weighted by Gasteiger charge is 2.59. The van der Waals surface area contributed by atoms with Crippen LogP contribution >= 0.6 is 0 Å². The number of fused-ring (bicyclic) bond motifs is 1. The zero-order chi connectivity index (χ0) is 37.8. The molecule has 1 N–H and O–H groups in total. The van der Waals surface area contributed by atoms with Crippen LogP contribution in [0.2, 0.25) is 0 Å². The van der Waals surface area contributed by atoms with Crippen LogP contribution in [0.4, 0.5) is 4.79 Å². The van der Waals surface area contributed by atoms with Gasteiger partial charge in [-0.2, -0.15) is 0 Å². The van der Waals surface area contributed by atoms with Crippen molar-refractivity contribution in [3.8, 4) is 0 Å². The summed E-state index contributed by atoms with van der Waals surface area (Å²) in [6.45, 7) is 15.2. The molecule has 11 nitrogen and oxygen atoms in total. The van der Waals surface area contributed by atoms with Crippen LogP contribution in [0.15, 0.2) is 42.0 Å². The molecule has 286 valence electrons. The second kappa shape index (κ2) is 16.9. The van der Waals surface area contributed by atoms with Crippen LogP contribution in [-0.2, 0) is 39.7 Å². The third kappa shape index (κ3) is 8.87. The lowest BCUT2D eigenvalue weighted by Crippen LogP contribution is -2.59. The van der Waals surface area contributed by atoms with E-state index in [1.54, 1.807) is 31.9 Å². The van der Waals surface area contributed by atoms with Crippen molar-refractivity contribution in [3.63, 3.8) is 0 Å². The molecule has 4 rings (SSSR count). The summed E-state index contributed by atoms with van der Waals surface area (Å²) >= 11 is 0. The molecule has 51 heavy (non-hydrogen) atoms. The fourth-order valence-electron chi connectivity index (χ4n) is 8.71. The summed E-state index contributed by atoms with van der Waals surface area (Å²) in [5.41, 5.74) is -0.815. The normalized spacial score (nSPS) is 39.5. The number of amides is 1. The number of ketones is 1. The van der Waals surface area contributed by atoms with E-state index in [0.717, 1.165) is 12.0 Å². The molecule has 1 amide bonds. The fourth-order valence-corrected chi connectivity index (χ4v) is 8.71. The average Bonchev–Trinajstić information content (AvgIpc) is 3.35. The zero-order valence-corrected chi connectivity index (χ0v) is 32.6. The lowest BCUT2D eigenvalue weighted by molar-refractivity contribution is -0.294. The van der Waals surface area contributed by atoms with Gasteiger partial charge in [-0.3, -0.25) is 4.79 Å². The Kier molecular flexibility index (Phi) is 13.6. The molecule has 11 heteroatoms. The SMILES string of the molecule is CC[C@H]1OC(=O)/C(C)=C/[C@H](C)[C@@H](O[C@@H]2O[C@H](C)C[C@H](N(C)C)[C@H]2O)[C@@](C)(OC)C[C@@H](C)C(=O)[C@H](C)[C@H]2N(CCCc3ccccc3)C(=O)O[C@]12C. The highest BCUT2D eigenvalue weighted by Crippen LogP contribution is 2.43. The van der Waals surface area contributed by atoms with Gasteiger partial charge >= 0.3 is 12.1 Å². The molecule has 12 atom stereocenters. The van der Waals surface area contributed by atoms with E-state index in [2.05, 4.69) is 12.1 Å². The van der Waals surface area contributed by atoms with Gasteiger partial charge in [0.1, 0.15) is 18.0 Å². The van der Waals surface area contributed by atoms with Crippen molar-refractivity contribution >= 4 is 17.8 Å². The average molecular weight is 715 g/mol. The molecule has 0 radical (unpaired) electrons. The van der Waals surface area contributed by atoms with E-state index >= 15 is 0 Å². The Morgan fingerprint density at radius 1 is 1.06 bits per heavy atom. The first-order chi connectivity index (χ1) is 24.0. The van der Waals surface area contributed by atoms with Gasteiger partial charge < -0.3 is 38.6 Å². The van der Waals surface area contributed by atoms with Crippen molar-refractivity contribution in [3.05, 3.63) is 47.5 Å². The number of Topliss-reactive ketones (excluding diaryl/α,β-unsaturated/α-hetero) is 1. The lowest BCUT2D eigenvalue weighted by atomic mass is 9.74. The number of hydrogen-bond acceptors (Lipinski definition) is 10. The minimum Gasteiger partial charge on any atom is -0.455 e. The molecule has 0 aromatic heterocycles. The monoisotopic (exact) mass is 714 g/mol. The van der Waals surface area contributed by atoms with Gasteiger partial charge in [0.2, 0.25) is 0 Å². The van der Waals surface area contributed by atoms with Crippen molar-refractivity contribution in [1.82, 2.24) is 9.80 Å². The standard InChI is InChI=1S/C40H62N2O9/c1-12-31-40(8)34(42(38(46)51-40)20-16-19-29-17-14-13-15-18-29)28(6)32(43)26(4)23-39(7,47-11)35(24(2)21-25(3)36(45)49-31)50-37-33(44)30(41(9)10)22-27(5)48-37/h13-15,17-18,21,24,26-28,30-31,33-35,37,44H,12,16,19-20,22-23H2,1-11H3/b25-21+/t24-,26+,27+,28-,30-,31+,33+,34+,35+,37-,39-,40+/m0/s1. The van der Waals surface area contributed by atoms with Crippen LogP contribution in [0.3, 0.4) is 0 Å². The van der Waals surface area contributed by atoms with Gasteiger partial charge in [0, 0.05) is 43.0 Å². The lowest BCUT2D eigenvalue weighted by Gasteiger charge is -2.47. The Morgan fingerprint density at radius 3 is 2.33 bits per heavy atom. The number of aliphatic hydroxyl groups excluding tert-OH is 1. The first kappa shape index (κ1) is 40.9. The summed E-state index contributed by atoms with van der Waals surface area (Å²) in [5.74, 6) is -2.22. The topological polar surface area (TPSA) is 124 Å². The molecule has 1 aromatic carbocycles. The third-order valence-electron chi connectivity index (χ3n) is 11.5. The van der Waals surface area contributed by atoms with Gasteiger partial charge in [0.15, 0.2) is 11.9 Å². The Hall–Kier alpha value is -2.83. The molecular weight excluding hydrogens is 652 g/mol. The first-order valence-electron chi connectivity index (χ1n) is 18.6. The predicted molar refractivity (Wildman–Crippen MR) is 194 cm³/mol. The van der Waals surface area contributed by atoms with E-state index in [-0.39, 0.29) is 24.3 Å². The Balaban J connectivity index is 1.73. The quantitative estimate of drug-likeness (QED) is 0.325. The molecule has 0 spiro atoms. The molecule has 2 saturated heterocycles. The van der Waals surface area contributed by atoms with E-state index in [9.17, 15) is 19.5 Å². The molecule has 1 aromatic rings. The second-order valence-electron chi connectivity index (χ2n) is 15.7. The van der Waals surface area contributed by atoms with Crippen molar-refractivity contribution in [1.29, 1.82) is 0 Å². The number of carbonyl (C=O) groups excluding carboxylic acids is 3. The van der Waals surface area contributed by atoms with Gasteiger partial charge in [-0.15, -0.1) is 0 Å². The molecule has 0 aliphatic carbocycles. The number of nitrogens with zero attached hydrogens (tertiary/aromatic N) is 2. The van der Waals surface area contributed by atoms with Gasteiger partial charge in [-0.05, 0) is 79.5 Å². The molecular formula is C40H62N2O9. The van der Waals surface area contributed by atoms with E-state index in [4.69, 9.17) is 23.7 Å². The van der Waals surface area contributed by atoms with Crippen LogP contribution in [0.5, 0.6) is 0 Å². The van der Waals surface area contributed by atoms with E-state index < -0.39 is 71.7 Å². The summed E-state index contributed by atoms with van der Waals surface area (Å²) < 4.78 is 31.4. The molecule has 2 fully saturated rings. The maximum atomic E-state index is 14.6. The molecule has 0 bridgehead atoms. The number of ether oxygens (including phenoxy) is 5. The number of rotatable bonds is 9. The van der Waals surface area contributed by atoms with E-state index in [1.807, 2.05) is 78.7 Å². The Morgan fingerprint density at radius 2 is 1.73 bits per heavy atom. The Bertz CT molecular complexity index is 1390. The third-order valence-corrected chi connectivity index (χ3v) is 11.5. The number of methoxy groups -OCH3 is 1. The zero-order valence-electron chi connectivity index (χ0n) is 32.6. The number of cyclic esters (lactones) is 1. The maximum absolute atomic E-state index is 14.6. The van der Waals surface area contributed by atoms with Gasteiger partial charge in [0.25, 0.3) is 0 Å². The highest BCUT2D eigenvalue weighted by molar-refractivity contribution is 5.88. The van der Waals surface area contributed by atoms with Crippen molar-refractivity contribution in [2.45, 2.75) is 141 Å². The van der Waals surface area contributed by atoms with Gasteiger partial charge in [0.05, 0.1) is 23.9 Å². The van der Waals surface area contributed by atoms with Crippen LogP contribution in [0, 0.1) is 17.8 Å². The molecule has 3 aliphatic heterocycles. The van der Waals surface area contributed by atoms with Crippen LogP contribution in [-0.4, -0.2) is 114 Å². The predicted octanol–water partition coefficient (Wildman–Crippen LogP) is 5.56. The number of hydrogen-bond donors (Lipinski definition) is 1.